The largest absolute Gasteiger partial charge is 0.488 e. The fraction of sp³-hybridized carbons (Fsp3) is 0.0400. The molecule has 1 aliphatic rings. The molecule has 1 saturated heterocycles. The zero-order valence-electron chi connectivity index (χ0n) is 17.5. The zero-order valence-corrected chi connectivity index (χ0v) is 19.1. The Hall–Kier alpha value is -4.01. The van der Waals surface area contributed by atoms with E-state index in [4.69, 9.17) is 33.7 Å². The summed E-state index contributed by atoms with van der Waals surface area (Å²) >= 11 is 11.3. The van der Waals surface area contributed by atoms with E-state index in [1.807, 2.05) is 0 Å². The van der Waals surface area contributed by atoms with Gasteiger partial charge in [-0.05, 0) is 60.3 Å². The van der Waals surface area contributed by atoms with Crippen molar-refractivity contribution in [3.05, 3.63) is 100 Å². The van der Waals surface area contributed by atoms with Gasteiger partial charge in [-0.25, -0.2) is 4.79 Å². The summed E-state index contributed by atoms with van der Waals surface area (Å²) in [7, 11) is 0. The quantitative estimate of drug-likeness (QED) is 0.300. The molecule has 7 nitrogen and oxygen atoms in total. The summed E-state index contributed by atoms with van der Waals surface area (Å²) in [5.74, 6) is -1.77. The number of amides is 2. The molecule has 0 aliphatic carbocycles. The van der Waals surface area contributed by atoms with Crippen molar-refractivity contribution in [1.29, 1.82) is 0 Å². The molecule has 1 fully saturated rings. The van der Waals surface area contributed by atoms with E-state index in [0.29, 0.717) is 22.0 Å². The molecule has 0 atom stereocenters. The van der Waals surface area contributed by atoms with Crippen LogP contribution in [0.3, 0.4) is 0 Å². The average molecular weight is 493 g/mol. The molecule has 0 spiro atoms. The second kappa shape index (κ2) is 9.86. The number of halogens is 1. The molecule has 0 unspecified atom stereocenters. The van der Waals surface area contributed by atoms with Crippen molar-refractivity contribution in [3.8, 4) is 5.75 Å². The first-order valence-corrected chi connectivity index (χ1v) is 10.8. The van der Waals surface area contributed by atoms with Gasteiger partial charge >= 0.3 is 5.97 Å². The number of nitrogens with one attached hydrogen (secondary N) is 1. The molecular weight excluding hydrogens is 476 g/mol. The number of carboxylic acids is 1. The number of anilines is 1. The van der Waals surface area contributed by atoms with Crippen LogP contribution in [0.5, 0.6) is 5.75 Å². The minimum Gasteiger partial charge on any atom is -0.488 e. The lowest BCUT2D eigenvalue weighted by atomic mass is 10.1. The van der Waals surface area contributed by atoms with Gasteiger partial charge in [-0.2, -0.15) is 0 Å². The van der Waals surface area contributed by atoms with E-state index in [1.54, 1.807) is 60.7 Å². The number of rotatable bonds is 6. The molecule has 1 aliphatic heterocycles. The van der Waals surface area contributed by atoms with Crippen molar-refractivity contribution < 1.29 is 24.2 Å². The lowest BCUT2D eigenvalue weighted by molar-refractivity contribution is -0.122. The number of carbonyl (C=O) groups is 3. The van der Waals surface area contributed by atoms with Crippen molar-refractivity contribution in [1.82, 2.24) is 5.32 Å². The Morgan fingerprint density at radius 2 is 1.79 bits per heavy atom. The van der Waals surface area contributed by atoms with Crippen LogP contribution in [0.4, 0.5) is 5.69 Å². The SMILES string of the molecule is O=C1NC(=S)N(c2cccc(Cl)c2)C(=O)/C1=C/c1ccccc1OCc1ccc(C(=O)O)cc1. The second-order valence-corrected chi connectivity index (χ2v) is 8.09. The van der Waals surface area contributed by atoms with Crippen LogP contribution in [-0.4, -0.2) is 28.0 Å². The van der Waals surface area contributed by atoms with E-state index in [2.05, 4.69) is 5.32 Å². The van der Waals surface area contributed by atoms with Crippen LogP contribution in [0.15, 0.2) is 78.4 Å². The van der Waals surface area contributed by atoms with Crippen molar-refractivity contribution in [2.24, 2.45) is 0 Å². The third kappa shape index (κ3) is 4.98. The first-order valence-electron chi connectivity index (χ1n) is 10.0. The van der Waals surface area contributed by atoms with Crippen molar-refractivity contribution in [2.75, 3.05) is 4.90 Å². The minimum atomic E-state index is -1.01. The number of carbonyl (C=O) groups excluding carboxylic acids is 2. The highest BCUT2D eigenvalue weighted by Crippen LogP contribution is 2.27. The maximum absolute atomic E-state index is 13.2. The molecule has 0 saturated carbocycles. The molecular formula is C25H17ClN2O5S. The predicted molar refractivity (Wildman–Crippen MR) is 132 cm³/mol. The predicted octanol–water partition coefficient (Wildman–Crippen LogP) is 4.45. The summed E-state index contributed by atoms with van der Waals surface area (Å²) in [6, 6.07) is 19.8. The van der Waals surface area contributed by atoms with Crippen LogP contribution in [-0.2, 0) is 16.2 Å². The van der Waals surface area contributed by atoms with Crippen LogP contribution < -0.4 is 15.0 Å². The molecule has 3 aromatic carbocycles. The van der Waals surface area contributed by atoms with Gasteiger partial charge in [0.15, 0.2) is 5.11 Å². The smallest absolute Gasteiger partial charge is 0.335 e. The van der Waals surface area contributed by atoms with Gasteiger partial charge in [0.2, 0.25) is 0 Å². The molecule has 3 aromatic rings. The Balaban J connectivity index is 1.60. The summed E-state index contributed by atoms with van der Waals surface area (Å²) < 4.78 is 5.89. The fourth-order valence-electron chi connectivity index (χ4n) is 3.30. The Bertz CT molecular complexity index is 1340. The number of nitrogens with zero attached hydrogens (tertiary/aromatic N) is 1. The third-order valence-electron chi connectivity index (χ3n) is 4.98. The number of hydrogen-bond donors (Lipinski definition) is 2. The van der Waals surface area contributed by atoms with Gasteiger partial charge in [-0.3, -0.25) is 19.8 Å². The van der Waals surface area contributed by atoms with Gasteiger partial charge in [-0.15, -0.1) is 0 Å². The van der Waals surface area contributed by atoms with E-state index in [9.17, 15) is 14.4 Å². The first kappa shape index (κ1) is 23.2. The van der Waals surface area contributed by atoms with E-state index >= 15 is 0 Å². The molecule has 4 rings (SSSR count). The number of ether oxygens (including phenoxy) is 1. The van der Waals surface area contributed by atoms with Gasteiger partial charge < -0.3 is 9.84 Å². The van der Waals surface area contributed by atoms with Gasteiger partial charge in [0.05, 0.1) is 11.3 Å². The number of hydrogen-bond acceptors (Lipinski definition) is 5. The fourth-order valence-corrected chi connectivity index (χ4v) is 3.76. The second-order valence-electron chi connectivity index (χ2n) is 7.27. The van der Waals surface area contributed by atoms with E-state index < -0.39 is 17.8 Å². The lowest BCUT2D eigenvalue weighted by Crippen LogP contribution is -2.54. The van der Waals surface area contributed by atoms with Crippen LogP contribution in [0.1, 0.15) is 21.5 Å². The number of carboxylic acid groups (broad SMARTS) is 1. The van der Waals surface area contributed by atoms with Crippen LogP contribution in [0.2, 0.25) is 5.02 Å². The molecule has 2 N–H and O–H groups in total. The topological polar surface area (TPSA) is 95.9 Å². The zero-order chi connectivity index (χ0) is 24.2. The lowest BCUT2D eigenvalue weighted by Gasteiger charge is -2.29. The van der Waals surface area contributed by atoms with Crippen LogP contribution >= 0.6 is 23.8 Å². The minimum absolute atomic E-state index is 0.0382. The summed E-state index contributed by atoms with van der Waals surface area (Å²) in [6.07, 6.45) is 1.44. The van der Waals surface area contributed by atoms with Gasteiger partial charge in [0, 0.05) is 10.6 Å². The molecule has 2 amide bonds. The summed E-state index contributed by atoms with van der Waals surface area (Å²) in [4.78, 5) is 38.1. The third-order valence-corrected chi connectivity index (χ3v) is 5.50. The standard InChI is InChI=1S/C25H17ClN2O5S/c26-18-5-3-6-19(13-18)28-23(30)20(22(29)27-25(28)34)12-17-4-1-2-7-21(17)33-14-15-8-10-16(11-9-15)24(31)32/h1-13H,14H2,(H,31,32)(H,27,29,34)/b20-12+. The Morgan fingerprint density at radius 1 is 1.06 bits per heavy atom. The van der Waals surface area contributed by atoms with E-state index in [0.717, 1.165) is 5.56 Å². The van der Waals surface area contributed by atoms with Gasteiger partial charge in [0.1, 0.15) is 17.9 Å². The van der Waals surface area contributed by atoms with Gasteiger partial charge in [0.25, 0.3) is 11.8 Å². The summed E-state index contributed by atoms with van der Waals surface area (Å²) in [6.45, 7) is 0.166. The normalized spacial score (nSPS) is 14.8. The van der Waals surface area contributed by atoms with Crippen molar-refractivity contribution in [2.45, 2.75) is 6.61 Å². The average Bonchev–Trinajstić information content (AvgIpc) is 2.81. The van der Waals surface area contributed by atoms with Crippen LogP contribution in [0, 0.1) is 0 Å². The summed E-state index contributed by atoms with van der Waals surface area (Å²) in [5.41, 5.74) is 1.77. The van der Waals surface area contributed by atoms with Gasteiger partial charge in [-0.1, -0.05) is 48.0 Å². The van der Waals surface area contributed by atoms with Crippen molar-refractivity contribution in [3.63, 3.8) is 0 Å². The van der Waals surface area contributed by atoms with E-state index in [-0.39, 0.29) is 22.9 Å². The maximum atomic E-state index is 13.2. The molecule has 0 radical (unpaired) electrons. The number of para-hydroxylation sites is 1. The highest BCUT2D eigenvalue weighted by Gasteiger charge is 2.34. The molecule has 1 heterocycles. The number of thiocarbonyl (C=S) groups is 1. The monoisotopic (exact) mass is 492 g/mol. The molecule has 170 valence electrons. The van der Waals surface area contributed by atoms with Crippen LogP contribution in [0.25, 0.3) is 6.08 Å². The molecule has 0 bridgehead atoms. The Morgan fingerprint density at radius 3 is 2.50 bits per heavy atom. The number of aromatic carboxylic acids is 1. The first-order chi connectivity index (χ1) is 16.3. The highest BCUT2D eigenvalue weighted by molar-refractivity contribution is 7.80. The summed E-state index contributed by atoms with van der Waals surface area (Å²) in [5, 5.41) is 11.9. The van der Waals surface area contributed by atoms with Crippen molar-refractivity contribution >= 4 is 58.5 Å². The molecule has 34 heavy (non-hydrogen) atoms. The molecule has 9 heteroatoms. The highest BCUT2D eigenvalue weighted by atomic mass is 35.5. The Kier molecular flexibility index (Phi) is 6.72. The van der Waals surface area contributed by atoms with E-state index in [1.165, 1.54) is 23.1 Å². The molecule has 0 aromatic heterocycles. The number of benzene rings is 3. The maximum Gasteiger partial charge on any atom is 0.335 e. The Labute approximate surface area is 205 Å².